The van der Waals surface area contributed by atoms with E-state index in [0.717, 1.165) is 37.4 Å². The van der Waals surface area contributed by atoms with Gasteiger partial charge < -0.3 is 0 Å². The zero-order chi connectivity index (χ0) is 18.9. The molecule has 2 aliphatic carbocycles. The van der Waals surface area contributed by atoms with Crippen molar-refractivity contribution in [3.63, 3.8) is 0 Å². The third-order valence-electron chi connectivity index (χ3n) is 7.41. The summed E-state index contributed by atoms with van der Waals surface area (Å²) in [6.07, 6.45) is 12.3. The van der Waals surface area contributed by atoms with Crippen LogP contribution in [0, 0.1) is 17.8 Å². The normalized spacial score (nSPS) is 34.4. The number of fused-ring (bicyclic) bond motifs is 1. The number of benzene rings is 1. The molecule has 2 fully saturated rings. The summed E-state index contributed by atoms with van der Waals surface area (Å²) in [6, 6.07) is 11.2. The minimum Gasteiger partial charge on any atom is -0.299 e. The standard InChI is InChI=1S/C23H35N3Si/c1-4-18-14-22-20(19-10-6-5-7-11-19)12-8-9-13-21(22)23(18)27(2,3)26-16-24-15-25-17-26/h5-13,18,20-25H,4,14-17H2,1-3H3/t18?,20-,21?,22?,23?/m0/s1. The summed E-state index contributed by atoms with van der Waals surface area (Å²) in [5, 5.41) is 7.07. The molecule has 1 aromatic carbocycles. The molecule has 1 saturated carbocycles. The van der Waals surface area contributed by atoms with Gasteiger partial charge in [-0.05, 0) is 35.3 Å². The highest BCUT2D eigenvalue weighted by Gasteiger charge is 2.53. The van der Waals surface area contributed by atoms with Crippen LogP contribution in [0.2, 0.25) is 18.6 Å². The minimum absolute atomic E-state index is 0.549. The first-order valence-corrected chi connectivity index (χ1v) is 13.7. The minimum atomic E-state index is -1.59. The molecule has 27 heavy (non-hydrogen) atoms. The van der Waals surface area contributed by atoms with Crippen molar-refractivity contribution in [1.82, 2.24) is 15.2 Å². The van der Waals surface area contributed by atoms with E-state index in [-0.39, 0.29) is 0 Å². The number of nitrogens with zero attached hydrogens (tertiary/aromatic N) is 1. The van der Waals surface area contributed by atoms with Crippen LogP contribution in [-0.4, -0.2) is 32.8 Å². The van der Waals surface area contributed by atoms with E-state index in [0.29, 0.717) is 11.8 Å². The molecule has 3 nitrogen and oxygen atoms in total. The molecule has 1 saturated heterocycles. The summed E-state index contributed by atoms with van der Waals surface area (Å²) in [4.78, 5) is 0. The summed E-state index contributed by atoms with van der Waals surface area (Å²) in [5.74, 6) is 2.81. The molecule has 4 rings (SSSR count). The zero-order valence-electron chi connectivity index (χ0n) is 17.1. The molecule has 1 aliphatic heterocycles. The summed E-state index contributed by atoms with van der Waals surface area (Å²) in [7, 11) is -1.59. The van der Waals surface area contributed by atoms with Crippen LogP contribution in [-0.2, 0) is 0 Å². The van der Waals surface area contributed by atoms with E-state index in [1.165, 1.54) is 18.4 Å². The van der Waals surface area contributed by atoms with E-state index in [9.17, 15) is 0 Å². The highest BCUT2D eigenvalue weighted by Crippen LogP contribution is 2.57. The van der Waals surface area contributed by atoms with Gasteiger partial charge in [-0.15, -0.1) is 0 Å². The third-order valence-corrected chi connectivity index (χ3v) is 11.8. The molecule has 0 amide bonds. The first kappa shape index (κ1) is 19.1. The van der Waals surface area contributed by atoms with Crippen molar-refractivity contribution in [2.45, 2.75) is 44.3 Å². The lowest BCUT2D eigenvalue weighted by molar-refractivity contribution is 0.278. The van der Waals surface area contributed by atoms with Gasteiger partial charge in [0.25, 0.3) is 0 Å². The maximum Gasteiger partial charge on any atom is 0.129 e. The second kappa shape index (κ2) is 8.04. The fourth-order valence-electron chi connectivity index (χ4n) is 6.05. The summed E-state index contributed by atoms with van der Waals surface area (Å²) < 4.78 is 2.75. The largest absolute Gasteiger partial charge is 0.299 e. The Hall–Kier alpha value is -1.20. The summed E-state index contributed by atoms with van der Waals surface area (Å²) in [6.45, 7) is 10.7. The lowest BCUT2D eigenvalue weighted by atomic mass is 9.80. The molecule has 0 bridgehead atoms. The van der Waals surface area contributed by atoms with E-state index < -0.39 is 8.24 Å². The second-order valence-electron chi connectivity index (χ2n) is 9.06. The van der Waals surface area contributed by atoms with Crippen molar-refractivity contribution in [2.24, 2.45) is 17.8 Å². The van der Waals surface area contributed by atoms with Crippen LogP contribution in [0.4, 0.5) is 0 Å². The first-order valence-electron chi connectivity index (χ1n) is 10.7. The maximum atomic E-state index is 3.54. The van der Waals surface area contributed by atoms with Crippen LogP contribution in [0.25, 0.3) is 0 Å². The number of hydrogen-bond donors (Lipinski definition) is 2. The lowest BCUT2D eigenvalue weighted by Crippen LogP contribution is -2.63. The average molecular weight is 382 g/mol. The molecule has 146 valence electrons. The smallest absolute Gasteiger partial charge is 0.129 e. The molecule has 0 aromatic heterocycles. The van der Waals surface area contributed by atoms with Crippen molar-refractivity contribution in [3.05, 3.63) is 60.2 Å². The van der Waals surface area contributed by atoms with Crippen LogP contribution >= 0.6 is 0 Å². The van der Waals surface area contributed by atoms with Gasteiger partial charge in [0.05, 0.1) is 0 Å². The molecule has 5 atom stereocenters. The fraction of sp³-hybridized carbons (Fsp3) is 0.565. The van der Waals surface area contributed by atoms with Crippen LogP contribution < -0.4 is 10.6 Å². The van der Waals surface area contributed by atoms with Gasteiger partial charge in [0.1, 0.15) is 8.24 Å². The molecule has 3 aliphatic rings. The van der Waals surface area contributed by atoms with Crippen molar-refractivity contribution < 1.29 is 0 Å². The Morgan fingerprint density at radius 3 is 2.44 bits per heavy atom. The Morgan fingerprint density at radius 1 is 1.04 bits per heavy atom. The topological polar surface area (TPSA) is 27.3 Å². The summed E-state index contributed by atoms with van der Waals surface area (Å²) in [5.41, 5.74) is 2.31. The molecule has 2 N–H and O–H groups in total. The van der Waals surface area contributed by atoms with E-state index in [4.69, 9.17) is 0 Å². The Bertz CT molecular complexity index is 678. The molecular weight excluding hydrogens is 346 g/mol. The molecule has 0 spiro atoms. The molecule has 4 unspecified atom stereocenters. The number of nitrogens with one attached hydrogen (secondary N) is 2. The Labute approximate surface area is 166 Å². The predicted octanol–water partition coefficient (Wildman–Crippen LogP) is 4.50. The highest BCUT2D eigenvalue weighted by molar-refractivity contribution is 6.76. The van der Waals surface area contributed by atoms with Crippen molar-refractivity contribution in [3.8, 4) is 0 Å². The van der Waals surface area contributed by atoms with Gasteiger partial charge in [0.15, 0.2) is 0 Å². The fourth-order valence-corrected chi connectivity index (χ4v) is 10.3. The van der Waals surface area contributed by atoms with E-state index in [1.54, 1.807) is 0 Å². The molecule has 1 aromatic rings. The maximum absolute atomic E-state index is 3.54. The third kappa shape index (κ3) is 3.60. The van der Waals surface area contributed by atoms with Crippen molar-refractivity contribution >= 4 is 8.24 Å². The van der Waals surface area contributed by atoms with Crippen LogP contribution in [0.3, 0.4) is 0 Å². The van der Waals surface area contributed by atoms with Gasteiger partial charge in [0, 0.05) is 25.9 Å². The van der Waals surface area contributed by atoms with Crippen LogP contribution in [0.5, 0.6) is 0 Å². The highest BCUT2D eigenvalue weighted by atomic mass is 28.3. The van der Waals surface area contributed by atoms with Gasteiger partial charge >= 0.3 is 0 Å². The van der Waals surface area contributed by atoms with Gasteiger partial charge in [-0.2, -0.15) is 0 Å². The number of rotatable bonds is 4. The molecule has 1 heterocycles. The zero-order valence-corrected chi connectivity index (χ0v) is 18.1. The van der Waals surface area contributed by atoms with Gasteiger partial charge in [-0.1, -0.05) is 81.1 Å². The average Bonchev–Trinajstić information content (AvgIpc) is 2.96. The molecule has 0 radical (unpaired) electrons. The Kier molecular flexibility index (Phi) is 5.69. The Balaban J connectivity index is 1.67. The number of hydrogen-bond acceptors (Lipinski definition) is 3. The Morgan fingerprint density at radius 2 is 1.74 bits per heavy atom. The van der Waals surface area contributed by atoms with Crippen molar-refractivity contribution in [1.29, 1.82) is 0 Å². The van der Waals surface area contributed by atoms with Crippen LogP contribution in [0.1, 0.15) is 31.2 Å². The molecule has 4 heteroatoms. The van der Waals surface area contributed by atoms with Crippen LogP contribution in [0.15, 0.2) is 54.6 Å². The second-order valence-corrected chi connectivity index (χ2v) is 13.7. The quantitative estimate of drug-likeness (QED) is 0.752. The van der Waals surface area contributed by atoms with Crippen molar-refractivity contribution in [2.75, 3.05) is 20.0 Å². The monoisotopic (exact) mass is 381 g/mol. The van der Waals surface area contributed by atoms with Gasteiger partial charge in [0.2, 0.25) is 0 Å². The van der Waals surface area contributed by atoms with Gasteiger partial charge in [-0.25, -0.2) is 0 Å². The lowest BCUT2D eigenvalue weighted by Gasteiger charge is -2.47. The SMILES string of the molecule is CCC1CC2C(C=CC=C[C@H]2c2ccccc2)C1[Si](C)(C)N1CNCNC1. The van der Waals surface area contributed by atoms with E-state index in [1.807, 2.05) is 0 Å². The van der Waals surface area contributed by atoms with E-state index in [2.05, 4.69) is 89.9 Å². The predicted molar refractivity (Wildman–Crippen MR) is 117 cm³/mol. The molecular formula is C23H35N3Si. The van der Waals surface area contributed by atoms with E-state index >= 15 is 0 Å². The number of allylic oxidation sites excluding steroid dienone is 4. The van der Waals surface area contributed by atoms with Gasteiger partial charge in [-0.3, -0.25) is 15.2 Å². The summed E-state index contributed by atoms with van der Waals surface area (Å²) >= 11 is 0. The first-order chi connectivity index (χ1) is 13.1.